The molecule has 0 unspecified atom stereocenters. The van der Waals surface area contributed by atoms with Gasteiger partial charge in [0.25, 0.3) is 0 Å². The lowest BCUT2D eigenvalue weighted by Crippen LogP contribution is -2.00. The maximum Gasteiger partial charge on any atom is 0.164 e. The fraction of sp³-hybridized carbons (Fsp3) is 0. The molecule has 0 bridgehead atoms. The van der Waals surface area contributed by atoms with Crippen molar-refractivity contribution in [3.8, 4) is 67.5 Å². The average molecular weight is 734 g/mol. The Morgan fingerprint density at radius 1 is 0.321 bits per heavy atom. The molecule has 11 aromatic rings. The Balaban J connectivity index is 1.02. The molecule has 0 aliphatic carbocycles. The second-order valence-corrected chi connectivity index (χ2v) is 15.1. The van der Waals surface area contributed by atoms with E-state index >= 15 is 0 Å². The minimum Gasteiger partial charge on any atom is -0.456 e. The average Bonchev–Trinajstić information content (AvgIpc) is 3.85. The van der Waals surface area contributed by atoms with E-state index in [1.54, 1.807) is 0 Å². The van der Waals surface area contributed by atoms with Crippen LogP contribution in [0.25, 0.3) is 110 Å². The van der Waals surface area contributed by atoms with E-state index in [0.29, 0.717) is 17.5 Å². The van der Waals surface area contributed by atoms with Gasteiger partial charge in [0.2, 0.25) is 0 Å². The summed E-state index contributed by atoms with van der Waals surface area (Å²) in [5.74, 6) is 1.90. The topological polar surface area (TPSA) is 51.8 Å². The molecule has 0 spiro atoms. The normalized spacial score (nSPS) is 11.6. The number of hydrogen-bond donors (Lipinski definition) is 0. The third-order valence-electron chi connectivity index (χ3n) is 10.5. The van der Waals surface area contributed by atoms with Crippen LogP contribution in [0.1, 0.15) is 0 Å². The van der Waals surface area contributed by atoms with Crippen LogP contribution in [0.15, 0.2) is 192 Å². The highest BCUT2D eigenvalue weighted by Crippen LogP contribution is 2.44. The van der Waals surface area contributed by atoms with Gasteiger partial charge in [-0.25, -0.2) is 15.0 Å². The zero-order valence-corrected chi connectivity index (χ0v) is 30.9. The van der Waals surface area contributed by atoms with Crippen LogP contribution >= 0.6 is 11.3 Å². The van der Waals surface area contributed by atoms with E-state index in [2.05, 4.69) is 127 Å². The van der Waals surface area contributed by atoms with Crippen molar-refractivity contribution < 1.29 is 4.42 Å². The molecule has 0 amide bonds. The number of fused-ring (bicyclic) bond motifs is 6. The zero-order valence-electron chi connectivity index (χ0n) is 30.1. The molecule has 8 aromatic carbocycles. The van der Waals surface area contributed by atoms with Gasteiger partial charge in [0, 0.05) is 47.6 Å². The maximum atomic E-state index is 6.65. The Labute approximate surface area is 327 Å². The van der Waals surface area contributed by atoms with Crippen LogP contribution in [0.5, 0.6) is 0 Å². The van der Waals surface area contributed by atoms with Crippen LogP contribution < -0.4 is 0 Å². The summed E-state index contributed by atoms with van der Waals surface area (Å²) in [6.07, 6.45) is 0. The Hall–Kier alpha value is -7.21. The van der Waals surface area contributed by atoms with Gasteiger partial charge < -0.3 is 4.42 Å². The highest BCUT2D eigenvalue weighted by atomic mass is 32.1. The molecule has 3 aromatic heterocycles. The Morgan fingerprint density at radius 2 is 0.875 bits per heavy atom. The summed E-state index contributed by atoms with van der Waals surface area (Å²) in [4.78, 5) is 14.9. The van der Waals surface area contributed by atoms with E-state index in [1.165, 1.54) is 36.9 Å². The van der Waals surface area contributed by atoms with E-state index in [1.807, 2.05) is 72.0 Å². The molecule has 0 N–H and O–H groups in total. The SMILES string of the molecule is c1ccc(-c2ccc3sc4cccc(-c5ccc6c(c5)oc5cccc(-c7cccc(-c8nc(-c9ccccc9)nc(-c9ccccc9)n8)c7)c56)c4c3c2)cc1. The highest BCUT2D eigenvalue weighted by molar-refractivity contribution is 7.26. The van der Waals surface area contributed by atoms with Crippen molar-refractivity contribution in [1.29, 1.82) is 0 Å². The lowest BCUT2D eigenvalue weighted by Gasteiger charge is -2.10. The first-order valence-electron chi connectivity index (χ1n) is 18.7. The van der Waals surface area contributed by atoms with Gasteiger partial charge >= 0.3 is 0 Å². The number of nitrogens with zero attached hydrogens (tertiary/aromatic N) is 3. The molecule has 0 atom stereocenters. The smallest absolute Gasteiger partial charge is 0.164 e. The maximum absolute atomic E-state index is 6.65. The van der Waals surface area contributed by atoms with Crippen molar-refractivity contribution >= 4 is 53.4 Å². The third kappa shape index (κ3) is 5.56. The molecule has 0 aliphatic heterocycles. The van der Waals surface area contributed by atoms with Crippen molar-refractivity contribution in [2.45, 2.75) is 0 Å². The fourth-order valence-electron chi connectivity index (χ4n) is 7.87. The van der Waals surface area contributed by atoms with Gasteiger partial charge in [-0.15, -0.1) is 11.3 Å². The lowest BCUT2D eigenvalue weighted by molar-refractivity contribution is 0.669. The Kier molecular flexibility index (Phi) is 7.64. The van der Waals surface area contributed by atoms with Crippen LogP contribution in [-0.4, -0.2) is 15.0 Å². The summed E-state index contributed by atoms with van der Waals surface area (Å²) in [7, 11) is 0. The molecule has 4 nitrogen and oxygen atoms in total. The van der Waals surface area contributed by atoms with Gasteiger partial charge in [0.05, 0.1) is 0 Å². The molecule has 3 heterocycles. The first kappa shape index (κ1) is 32.2. The summed E-state index contributed by atoms with van der Waals surface area (Å²) in [6, 6.07) is 65.7. The molecule has 11 rings (SSSR count). The Morgan fingerprint density at radius 3 is 1.59 bits per heavy atom. The molecule has 0 fully saturated rings. The van der Waals surface area contributed by atoms with Gasteiger partial charge in [-0.1, -0.05) is 146 Å². The van der Waals surface area contributed by atoms with Crippen molar-refractivity contribution in [2.24, 2.45) is 0 Å². The molecule has 0 aliphatic rings. The van der Waals surface area contributed by atoms with Gasteiger partial charge in [-0.05, 0) is 75.8 Å². The largest absolute Gasteiger partial charge is 0.456 e. The van der Waals surface area contributed by atoms with E-state index in [9.17, 15) is 0 Å². The predicted molar refractivity (Wildman–Crippen MR) is 233 cm³/mol. The summed E-state index contributed by atoms with van der Waals surface area (Å²) < 4.78 is 9.21. The highest BCUT2D eigenvalue weighted by Gasteiger charge is 2.18. The molecule has 0 saturated carbocycles. The van der Waals surface area contributed by atoms with E-state index < -0.39 is 0 Å². The summed E-state index contributed by atoms with van der Waals surface area (Å²) >= 11 is 1.84. The quantitative estimate of drug-likeness (QED) is 0.171. The second kappa shape index (κ2) is 13.3. The molecular weight excluding hydrogens is 703 g/mol. The minimum atomic E-state index is 0.624. The van der Waals surface area contributed by atoms with E-state index in [-0.39, 0.29) is 0 Å². The monoisotopic (exact) mass is 733 g/mol. The predicted octanol–water partition coefficient (Wildman–Crippen LogP) is 14.1. The van der Waals surface area contributed by atoms with Gasteiger partial charge in [0.15, 0.2) is 17.5 Å². The van der Waals surface area contributed by atoms with Crippen LogP contribution in [0.2, 0.25) is 0 Å². The van der Waals surface area contributed by atoms with Gasteiger partial charge in [-0.2, -0.15) is 0 Å². The number of rotatable bonds is 6. The van der Waals surface area contributed by atoms with Crippen molar-refractivity contribution in [3.05, 3.63) is 188 Å². The van der Waals surface area contributed by atoms with Crippen LogP contribution in [0.4, 0.5) is 0 Å². The minimum absolute atomic E-state index is 0.624. The zero-order chi connectivity index (χ0) is 37.0. The summed E-state index contributed by atoms with van der Waals surface area (Å²) in [5, 5.41) is 4.72. The molecule has 56 heavy (non-hydrogen) atoms. The van der Waals surface area contributed by atoms with Gasteiger partial charge in [0.1, 0.15) is 11.2 Å². The number of benzene rings is 8. The van der Waals surface area contributed by atoms with Crippen LogP contribution in [0.3, 0.4) is 0 Å². The first-order chi connectivity index (χ1) is 27.7. The van der Waals surface area contributed by atoms with Crippen LogP contribution in [-0.2, 0) is 0 Å². The third-order valence-corrected chi connectivity index (χ3v) is 11.7. The van der Waals surface area contributed by atoms with Crippen LogP contribution in [0, 0.1) is 0 Å². The standard InChI is InChI=1S/C51H31N3OS/c1-4-13-32(14-5-1)35-26-28-45-42(30-35)48-40(22-12-24-46(48)56-45)37-25-27-41-44(31-37)55-43-23-11-21-39(47(41)43)36-19-10-20-38(29-36)51-53-49(33-15-6-2-7-16-33)52-50(54-51)34-17-8-3-9-18-34/h1-31H. The summed E-state index contributed by atoms with van der Waals surface area (Å²) in [5.41, 5.74) is 11.5. The molecule has 0 saturated heterocycles. The Bertz CT molecular complexity index is 3180. The van der Waals surface area contributed by atoms with E-state index in [0.717, 1.165) is 55.3 Å². The molecule has 0 radical (unpaired) electrons. The van der Waals surface area contributed by atoms with Gasteiger partial charge in [-0.3, -0.25) is 0 Å². The van der Waals surface area contributed by atoms with E-state index in [4.69, 9.17) is 19.4 Å². The molecule has 262 valence electrons. The number of aromatic nitrogens is 3. The second-order valence-electron chi connectivity index (χ2n) is 14.0. The first-order valence-corrected chi connectivity index (χ1v) is 19.5. The summed E-state index contributed by atoms with van der Waals surface area (Å²) in [6.45, 7) is 0. The number of thiophene rings is 1. The fourth-order valence-corrected chi connectivity index (χ4v) is 8.99. The van der Waals surface area contributed by atoms with Crippen molar-refractivity contribution in [1.82, 2.24) is 15.0 Å². The molecular formula is C51H31N3OS. The molecule has 5 heteroatoms. The number of hydrogen-bond acceptors (Lipinski definition) is 5. The lowest BCUT2D eigenvalue weighted by atomic mass is 9.95. The number of furan rings is 1. The van der Waals surface area contributed by atoms with Crippen molar-refractivity contribution in [3.63, 3.8) is 0 Å². The van der Waals surface area contributed by atoms with Crippen molar-refractivity contribution in [2.75, 3.05) is 0 Å².